The lowest BCUT2D eigenvalue weighted by atomic mass is 10.0. The second kappa shape index (κ2) is 6.92. The molecule has 7 heteroatoms. The van der Waals surface area contributed by atoms with Crippen molar-refractivity contribution in [2.45, 2.75) is 51.2 Å². The van der Waals surface area contributed by atoms with Crippen molar-refractivity contribution in [1.82, 2.24) is 19.8 Å². The van der Waals surface area contributed by atoms with Crippen LogP contribution in [0.4, 0.5) is 0 Å². The van der Waals surface area contributed by atoms with E-state index < -0.39 is 6.04 Å². The molecule has 0 spiro atoms. The Balaban J connectivity index is 1.99. The molecule has 1 N–H and O–H groups in total. The van der Waals surface area contributed by atoms with E-state index in [1.807, 2.05) is 51.1 Å². The maximum atomic E-state index is 13.1. The molecule has 3 rings (SSSR count). The Labute approximate surface area is 151 Å². The van der Waals surface area contributed by atoms with Crippen LogP contribution in [0, 0.1) is 0 Å². The molecule has 132 valence electrons. The predicted octanol–water partition coefficient (Wildman–Crippen LogP) is 2.80. The van der Waals surface area contributed by atoms with Crippen LogP contribution in [0.2, 0.25) is 0 Å². The van der Waals surface area contributed by atoms with Gasteiger partial charge in [-0.2, -0.15) is 0 Å². The summed E-state index contributed by atoms with van der Waals surface area (Å²) in [7, 11) is 0. The molecule has 0 unspecified atom stereocenters. The number of benzene rings is 1. The van der Waals surface area contributed by atoms with Crippen molar-refractivity contribution in [3.05, 3.63) is 47.0 Å². The van der Waals surface area contributed by atoms with E-state index in [1.54, 1.807) is 10.3 Å². The van der Waals surface area contributed by atoms with Gasteiger partial charge in [0.1, 0.15) is 6.04 Å². The average molecular weight is 358 g/mol. The number of aromatic nitrogens is 2. The highest BCUT2D eigenvalue weighted by Gasteiger charge is 2.42. The van der Waals surface area contributed by atoms with E-state index in [2.05, 4.69) is 14.9 Å². The molecule has 1 aliphatic carbocycles. The standard InChI is InChI=1S/C18H22N4O2S/c1-18(2,3)19-16(23)15(12-7-5-4-6-8-12)22(13-9-10-13)17(24)14-11-25-21-20-14/h4-8,11,13,15H,9-10H2,1-3H3,(H,19,23)/t15-/m0/s1. The van der Waals surface area contributed by atoms with Gasteiger partial charge in [-0.1, -0.05) is 34.8 Å². The summed E-state index contributed by atoms with van der Waals surface area (Å²) in [5, 5.41) is 8.54. The Bertz CT molecular complexity index is 736. The summed E-state index contributed by atoms with van der Waals surface area (Å²) in [6.45, 7) is 5.79. The van der Waals surface area contributed by atoms with E-state index in [0.29, 0.717) is 5.69 Å². The van der Waals surface area contributed by atoms with Gasteiger partial charge in [-0.15, -0.1) is 5.10 Å². The number of carbonyl (C=O) groups excluding carboxylic acids is 2. The summed E-state index contributed by atoms with van der Waals surface area (Å²) >= 11 is 1.13. The van der Waals surface area contributed by atoms with Gasteiger partial charge in [-0.3, -0.25) is 9.59 Å². The number of nitrogens with zero attached hydrogens (tertiary/aromatic N) is 3. The zero-order valence-electron chi connectivity index (χ0n) is 14.6. The first-order valence-corrected chi connectivity index (χ1v) is 9.17. The van der Waals surface area contributed by atoms with Crippen LogP contribution in [0.5, 0.6) is 0 Å². The molecule has 25 heavy (non-hydrogen) atoms. The zero-order chi connectivity index (χ0) is 18.0. The van der Waals surface area contributed by atoms with Crippen LogP contribution in [0.25, 0.3) is 0 Å². The van der Waals surface area contributed by atoms with Crippen LogP contribution in [0.1, 0.15) is 55.7 Å². The Morgan fingerprint density at radius 1 is 1.24 bits per heavy atom. The fourth-order valence-corrected chi connectivity index (χ4v) is 3.18. The van der Waals surface area contributed by atoms with Gasteiger partial charge in [0.25, 0.3) is 5.91 Å². The van der Waals surface area contributed by atoms with Crippen molar-refractivity contribution >= 4 is 23.3 Å². The number of hydrogen-bond acceptors (Lipinski definition) is 5. The summed E-state index contributed by atoms with van der Waals surface area (Å²) in [5.74, 6) is -0.420. The van der Waals surface area contributed by atoms with Crippen LogP contribution in [-0.2, 0) is 4.79 Å². The topological polar surface area (TPSA) is 75.2 Å². The molecule has 0 bridgehead atoms. The van der Waals surface area contributed by atoms with Gasteiger partial charge in [0.15, 0.2) is 5.69 Å². The smallest absolute Gasteiger partial charge is 0.276 e. The van der Waals surface area contributed by atoms with E-state index in [9.17, 15) is 9.59 Å². The van der Waals surface area contributed by atoms with E-state index in [-0.39, 0.29) is 23.4 Å². The largest absolute Gasteiger partial charge is 0.349 e. The molecule has 2 amide bonds. The highest BCUT2D eigenvalue weighted by Crippen LogP contribution is 2.36. The quantitative estimate of drug-likeness (QED) is 0.892. The molecule has 1 fully saturated rings. The van der Waals surface area contributed by atoms with Crippen LogP contribution in [0.3, 0.4) is 0 Å². The van der Waals surface area contributed by atoms with Crippen LogP contribution in [-0.4, -0.2) is 37.9 Å². The van der Waals surface area contributed by atoms with Crippen molar-refractivity contribution in [2.75, 3.05) is 0 Å². The van der Waals surface area contributed by atoms with Gasteiger partial charge >= 0.3 is 0 Å². The summed E-state index contributed by atoms with van der Waals surface area (Å²) in [6, 6.07) is 8.81. The Morgan fingerprint density at radius 3 is 2.44 bits per heavy atom. The molecular weight excluding hydrogens is 336 g/mol. The van der Waals surface area contributed by atoms with Crippen molar-refractivity contribution in [3.63, 3.8) is 0 Å². The second-order valence-corrected chi connectivity index (χ2v) is 7.90. The molecule has 1 aliphatic rings. The van der Waals surface area contributed by atoms with E-state index in [4.69, 9.17) is 0 Å². The molecule has 1 saturated carbocycles. The van der Waals surface area contributed by atoms with Crippen molar-refractivity contribution in [1.29, 1.82) is 0 Å². The number of carbonyl (C=O) groups is 2. The summed E-state index contributed by atoms with van der Waals surface area (Å²) in [4.78, 5) is 27.8. The molecule has 1 heterocycles. The SMILES string of the molecule is CC(C)(C)NC(=O)[C@H](c1ccccc1)N(C(=O)c1csnn1)C1CC1. The highest BCUT2D eigenvalue weighted by molar-refractivity contribution is 7.03. The fraction of sp³-hybridized carbons (Fsp3) is 0.444. The van der Waals surface area contributed by atoms with Crippen LogP contribution >= 0.6 is 11.5 Å². The molecule has 0 aliphatic heterocycles. The highest BCUT2D eigenvalue weighted by atomic mass is 32.1. The van der Waals surface area contributed by atoms with E-state index in [0.717, 1.165) is 29.9 Å². The lowest BCUT2D eigenvalue weighted by molar-refractivity contribution is -0.127. The minimum absolute atomic E-state index is 0.0603. The summed E-state index contributed by atoms with van der Waals surface area (Å²) < 4.78 is 3.79. The molecule has 1 aromatic heterocycles. The first kappa shape index (κ1) is 17.5. The molecule has 2 aromatic rings. The van der Waals surface area contributed by atoms with Gasteiger partial charge in [-0.05, 0) is 50.7 Å². The maximum Gasteiger partial charge on any atom is 0.276 e. The minimum Gasteiger partial charge on any atom is -0.349 e. The zero-order valence-corrected chi connectivity index (χ0v) is 15.4. The lowest BCUT2D eigenvalue weighted by Crippen LogP contribution is -2.50. The second-order valence-electron chi connectivity index (χ2n) is 7.29. The third-order valence-electron chi connectivity index (χ3n) is 3.89. The molecule has 1 atom stereocenters. The molecule has 0 radical (unpaired) electrons. The number of amides is 2. The summed E-state index contributed by atoms with van der Waals surface area (Å²) in [5.41, 5.74) is 0.707. The molecular formula is C18H22N4O2S. The normalized spacial score (nSPS) is 15.5. The van der Waals surface area contributed by atoms with Crippen molar-refractivity contribution in [2.24, 2.45) is 0 Å². The minimum atomic E-state index is -0.679. The monoisotopic (exact) mass is 358 g/mol. The van der Waals surface area contributed by atoms with Crippen molar-refractivity contribution in [3.8, 4) is 0 Å². The van der Waals surface area contributed by atoms with Crippen molar-refractivity contribution < 1.29 is 9.59 Å². The first-order valence-electron chi connectivity index (χ1n) is 8.33. The Hall–Kier alpha value is -2.28. The van der Waals surface area contributed by atoms with Gasteiger partial charge in [-0.25, -0.2) is 0 Å². The Kier molecular flexibility index (Phi) is 4.85. The van der Waals surface area contributed by atoms with Gasteiger partial charge in [0, 0.05) is 17.0 Å². The van der Waals surface area contributed by atoms with Crippen LogP contribution < -0.4 is 5.32 Å². The van der Waals surface area contributed by atoms with Gasteiger partial charge in [0.05, 0.1) is 0 Å². The molecule has 0 saturated heterocycles. The van der Waals surface area contributed by atoms with Crippen LogP contribution in [0.15, 0.2) is 35.7 Å². The van der Waals surface area contributed by atoms with Gasteiger partial charge < -0.3 is 10.2 Å². The van der Waals surface area contributed by atoms with Gasteiger partial charge in [0.2, 0.25) is 5.91 Å². The third-order valence-corrected chi connectivity index (χ3v) is 4.40. The third kappa shape index (κ3) is 4.22. The number of rotatable bonds is 5. The first-order chi connectivity index (χ1) is 11.9. The average Bonchev–Trinajstić information content (AvgIpc) is 3.23. The molecule has 1 aromatic carbocycles. The van der Waals surface area contributed by atoms with E-state index in [1.165, 1.54) is 0 Å². The predicted molar refractivity (Wildman–Crippen MR) is 96.2 cm³/mol. The number of hydrogen-bond donors (Lipinski definition) is 1. The fourth-order valence-electron chi connectivity index (χ4n) is 2.75. The number of nitrogens with one attached hydrogen (secondary N) is 1. The van der Waals surface area contributed by atoms with E-state index >= 15 is 0 Å². The Morgan fingerprint density at radius 2 is 1.92 bits per heavy atom. The maximum absolute atomic E-state index is 13.1. The lowest BCUT2D eigenvalue weighted by Gasteiger charge is -2.33. The molecule has 6 nitrogen and oxygen atoms in total. The summed E-state index contributed by atoms with van der Waals surface area (Å²) in [6.07, 6.45) is 1.80.